The molecule has 0 saturated heterocycles. The average Bonchev–Trinajstić information content (AvgIpc) is 3.07. The van der Waals surface area contributed by atoms with Gasteiger partial charge in [-0.05, 0) is 69.1 Å². The fourth-order valence-corrected chi connectivity index (χ4v) is 5.82. The molecule has 3 aliphatic carbocycles. The van der Waals surface area contributed by atoms with E-state index in [1.807, 2.05) is 6.92 Å². The van der Waals surface area contributed by atoms with Crippen LogP contribution in [-0.4, -0.2) is 33.9 Å². The highest BCUT2D eigenvalue weighted by Crippen LogP contribution is 2.49. The summed E-state index contributed by atoms with van der Waals surface area (Å²) in [5, 5.41) is 10.3. The van der Waals surface area contributed by atoms with E-state index in [1.165, 1.54) is 25.3 Å². The van der Waals surface area contributed by atoms with Crippen LogP contribution in [0.1, 0.15) is 68.4 Å². The molecule has 4 aliphatic rings. The summed E-state index contributed by atoms with van der Waals surface area (Å²) in [6.45, 7) is 2.01. The van der Waals surface area contributed by atoms with Gasteiger partial charge in [-0.3, -0.25) is 4.79 Å². The normalized spacial score (nSPS) is 35.4. The van der Waals surface area contributed by atoms with Crippen LogP contribution < -0.4 is 10.6 Å². The molecule has 0 spiro atoms. The zero-order valence-electron chi connectivity index (χ0n) is 16.0. The Morgan fingerprint density at radius 2 is 1.96 bits per heavy atom. The third-order valence-electron chi connectivity index (χ3n) is 7.44. The minimum Gasteiger partial charge on any atom is -0.367 e. The summed E-state index contributed by atoms with van der Waals surface area (Å²) in [7, 11) is 0. The number of nitrogens with zero attached hydrogens (tertiary/aromatic N) is 2. The Bertz CT molecular complexity index is 772. The number of halogens is 3. The van der Waals surface area contributed by atoms with Gasteiger partial charge < -0.3 is 10.6 Å². The molecular weight excluding hydrogens is 369 g/mol. The van der Waals surface area contributed by atoms with E-state index >= 15 is 0 Å². The first-order valence-electron chi connectivity index (χ1n) is 10.5. The van der Waals surface area contributed by atoms with Crippen molar-refractivity contribution >= 4 is 11.7 Å². The fraction of sp³-hybridized carbons (Fsp3) is 0.800. The monoisotopic (exact) mass is 396 g/mol. The number of carbonyl (C=O) groups is 1. The SMILES string of the molecule is C[C@H](NC(=O)c1cc2n(n1)[C@@H](C(F)(F)F)C[C@@H](C1CC1)N2)[C@H]1C[C@H]2CC[C@H]1C2. The van der Waals surface area contributed by atoms with E-state index in [1.54, 1.807) is 0 Å². The Labute approximate surface area is 162 Å². The second-order valence-corrected chi connectivity index (χ2v) is 9.34. The van der Waals surface area contributed by atoms with Gasteiger partial charge >= 0.3 is 6.18 Å². The Morgan fingerprint density at radius 3 is 2.57 bits per heavy atom. The molecule has 3 saturated carbocycles. The van der Waals surface area contributed by atoms with Crippen LogP contribution in [-0.2, 0) is 0 Å². The molecule has 3 fully saturated rings. The van der Waals surface area contributed by atoms with E-state index in [0.29, 0.717) is 23.6 Å². The predicted octanol–water partition coefficient (Wildman–Crippen LogP) is 4.14. The van der Waals surface area contributed by atoms with Gasteiger partial charge in [0, 0.05) is 18.2 Å². The summed E-state index contributed by atoms with van der Waals surface area (Å²) >= 11 is 0. The molecule has 154 valence electrons. The van der Waals surface area contributed by atoms with Crippen LogP contribution >= 0.6 is 0 Å². The number of hydrogen-bond acceptors (Lipinski definition) is 3. The molecule has 2 N–H and O–H groups in total. The number of fused-ring (bicyclic) bond motifs is 3. The van der Waals surface area contributed by atoms with Gasteiger partial charge in [0.2, 0.25) is 0 Å². The quantitative estimate of drug-likeness (QED) is 0.804. The summed E-state index contributed by atoms with van der Waals surface area (Å²) in [6.07, 6.45) is 2.45. The van der Waals surface area contributed by atoms with Gasteiger partial charge in [0.15, 0.2) is 11.7 Å². The number of rotatable bonds is 4. The third kappa shape index (κ3) is 3.18. The first kappa shape index (κ1) is 18.3. The Kier molecular flexibility index (Phi) is 4.18. The molecule has 1 aliphatic heterocycles. The highest BCUT2D eigenvalue weighted by molar-refractivity contribution is 5.93. The maximum Gasteiger partial charge on any atom is 0.410 e. The summed E-state index contributed by atoms with van der Waals surface area (Å²) < 4.78 is 41.8. The Morgan fingerprint density at radius 1 is 1.21 bits per heavy atom. The molecule has 0 aromatic carbocycles. The zero-order chi connectivity index (χ0) is 19.6. The molecule has 1 aromatic heterocycles. The standard InChI is InChI=1S/C20H27F3N4O/c1-10(14-7-11-2-3-13(14)6-11)24-19(28)16-9-18-25-15(12-4-5-12)8-17(20(21,22)23)27(18)26-16/h9-15,17,25H,2-8H2,1H3,(H,24,28)/t10-,11-,13-,14+,15-,17+/m0/s1. The van der Waals surface area contributed by atoms with E-state index in [9.17, 15) is 18.0 Å². The van der Waals surface area contributed by atoms with Crippen molar-refractivity contribution in [3.05, 3.63) is 11.8 Å². The Balaban J connectivity index is 1.33. The highest BCUT2D eigenvalue weighted by atomic mass is 19.4. The number of hydrogen-bond donors (Lipinski definition) is 2. The van der Waals surface area contributed by atoms with Gasteiger partial charge in [0.25, 0.3) is 5.91 Å². The molecule has 8 heteroatoms. The lowest BCUT2D eigenvalue weighted by Crippen LogP contribution is -2.41. The van der Waals surface area contributed by atoms with Crippen LogP contribution in [0.5, 0.6) is 0 Å². The van der Waals surface area contributed by atoms with Gasteiger partial charge in [0.1, 0.15) is 5.82 Å². The summed E-state index contributed by atoms with van der Waals surface area (Å²) in [5.74, 6) is 2.16. The third-order valence-corrected chi connectivity index (χ3v) is 7.44. The maximum atomic E-state index is 13.6. The van der Waals surface area contributed by atoms with Gasteiger partial charge in [-0.25, -0.2) is 4.68 Å². The van der Waals surface area contributed by atoms with Crippen LogP contribution in [0, 0.1) is 23.7 Å². The van der Waals surface area contributed by atoms with E-state index in [2.05, 4.69) is 15.7 Å². The first-order valence-corrected chi connectivity index (χ1v) is 10.5. The molecule has 5 rings (SSSR count). The van der Waals surface area contributed by atoms with Crippen molar-refractivity contribution in [2.45, 2.75) is 76.2 Å². The van der Waals surface area contributed by atoms with E-state index in [0.717, 1.165) is 29.9 Å². The van der Waals surface area contributed by atoms with Crippen molar-refractivity contribution in [3.63, 3.8) is 0 Å². The lowest BCUT2D eigenvalue weighted by atomic mass is 9.84. The van der Waals surface area contributed by atoms with E-state index in [4.69, 9.17) is 0 Å². The van der Waals surface area contributed by atoms with Gasteiger partial charge in [-0.15, -0.1) is 0 Å². The molecule has 2 bridgehead atoms. The lowest BCUT2D eigenvalue weighted by Gasteiger charge is -2.33. The first-order chi connectivity index (χ1) is 13.3. The molecule has 28 heavy (non-hydrogen) atoms. The van der Waals surface area contributed by atoms with E-state index < -0.39 is 12.2 Å². The number of alkyl halides is 3. The average molecular weight is 396 g/mol. The van der Waals surface area contributed by atoms with Crippen molar-refractivity contribution in [2.24, 2.45) is 23.7 Å². The Hall–Kier alpha value is -1.73. The molecular formula is C20H27F3N4O. The molecule has 0 unspecified atom stereocenters. The predicted molar refractivity (Wildman–Crippen MR) is 97.9 cm³/mol. The topological polar surface area (TPSA) is 59.0 Å². The van der Waals surface area contributed by atoms with E-state index in [-0.39, 0.29) is 30.1 Å². The second-order valence-electron chi connectivity index (χ2n) is 9.34. The minimum absolute atomic E-state index is 0.0205. The molecule has 6 atom stereocenters. The van der Waals surface area contributed by atoms with Crippen LogP contribution in [0.4, 0.5) is 19.0 Å². The van der Waals surface area contributed by atoms with Gasteiger partial charge in [0.05, 0.1) is 0 Å². The number of nitrogens with one attached hydrogen (secondary N) is 2. The molecule has 2 heterocycles. The van der Waals surface area contributed by atoms with Crippen molar-refractivity contribution in [1.82, 2.24) is 15.1 Å². The molecule has 1 amide bonds. The molecule has 1 aromatic rings. The summed E-state index contributed by atoms with van der Waals surface area (Å²) in [5.41, 5.74) is 0.0724. The minimum atomic E-state index is -4.37. The second kappa shape index (κ2) is 6.39. The van der Waals surface area contributed by atoms with Crippen LogP contribution in [0.15, 0.2) is 6.07 Å². The maximum absolute atomic E-state index is 13.6. The number of carbonyl (C=O) groups excluding carboxylic acids is 1. The van der Waals surface area contributed by atoms with Crippen LogP contribution in [0.3, 0.4) is 0 Å². The van der Waals surface area contributed by atoms with Crippen molar-refractivity contribution in [1.29, 1.82) is 0 Å². The van der Waals surface area contributed by atoms with Crippen LogP contribution in [0.25, 0.3) is 0 Å². The van der Waals surface area contributed by atoms with Crippen LogP contribution in [0.2, 0.25) is 0 Å². The van der Waals surface area contributed by atoms with Gasteiger partial charge in [-0.2, -0.15) is 18.3 Å². The summed E-state index contributed by atoms with van der Waals surface area (Å²) in [6, 6.07) is -0.360. The summed E-state index contributed by atoms with van der Waals surface area (Å²) in [4.78, 5) is 12.7. The smallest absolute Gasteiger partial charge is 0.367 e. The van der Waals surface area contributed by atoms with Crippen molar-refractivity contribution in [2.75, 3.05) is 5.32 Å². The number of anilines is 1. The van der Waals surface area contributed by atoms with Gasteiger partial charge in [-0.1, -0.05) is 6.42 Å². The largest absolute Gasteiger partial charge is 0.410 e. The van der Waals surface area contributed by atoms with Crippen molar-refractivity contribution in [3.8, 4) is 0 Å². The highest BCUT2D eigenvalue weighted by Gasteiger charge is 2.49. The molecule has 0 radical (unpaired) electrons. The lowest BCUT2D eigenvalue weighted by molar-refractivity contribution is -0.174. The number of aromatic nitrogens is 2. The molecule has 5 nitrogen and oxygen atoms in total. The van der Waals surface area contributed by atoms with Crippen molar-refractivity contribution < 1.29 is 18.0 Å². The zero-order valence-corrected chi connectivity index (χ0v) is 16.0. The number of amides is 1. The fourth-order valence-electron chi connectivity index (χ4n) is 5.82.